The van der Waals surface area contributed by atoms with E-state index in [1.54, 1.807) is 20.8 Å². The first-order valence-electron chi connectivity index (χ1n) is 9.16. The van der Waals surface area contributed by atoms with E-state index in [4.69, 9.17) is 26.3 Å². The SMILES string of the molecule is CC(C)(C)c1cc2c(cc1Cl)C=C(C(=O)OC(CO[N+](=O)[O-])CO[N+](=O)O)[C@@H](C(F)(F)F)O2. The molecule has 0 amide bonds. The second-order valence-electron chi connectivity index (χ2n) is 7.84. The van der Waals surface area contributed by atoms with Gasteiger partial charge in [-0.25, -0.2) is 10.0 Å². The Labute approximate surface area is 189 Å². The van der Waals surface area contributed by atoms with Crippen LogP contribution in [0.4, 0.5) is 13.2 Å². The summed E-state index contributed by atoms with van der Waals surface area (Å²) in [6.45, 7) is 3.45. The highest BCUT2D eigenvalue weighted by Crippen LogP contribution is 2.42. The Morgan fingerprint density at radius 3 is 2.36 bits per heavy atom. The van der Waals surface area contributed by atoms with Gasteiger partial charge in [-0.3, -0.25) is 0 Å². The van der Waals surface area contributed by atoms with Crippen LogP contribution in [-0.2, 0) is 24.6 Å². The summed E-state index contributed by atoms with van der Waals surface area (Å²) < 4.78 is 50.9. The summed E-state index contributed by atoms with van der Waals surface area (Å²) in [6.07, 6.45) is -8.62. The van der Waals surface area contributed by atoms with Gasteiger partial charge < -0.3 is 14.3 Å². The van der Waals surface area contributed by atoms with Gasteiger partial charge in [-0.15, -0.1) is 10.1 Å². The number of halogens is 4. The van der Waals surface area contributed by atoms with E-state index in [0.717, 1.165) is 6.08 Å². The van der Waals surface area contributed by atoms with E-state index in [0.29, 0.717) is 5.56 Å². The number of ether oxygens (including phenoxy) is 2. The number of hydrogen-bond donors (Lipinski definition) is 1. The maximum Gasteiger partial charge on any atom is 0.475 e. The van der Waals surface area contributed by atoms with Crippen molar-refractivity contribution < 1.29 is 52.5 Å². The van der Waals surface area contributed by atoms with Crippen LogP contribution in [0.1, 0.15) is 31.9 Å². The molecule has 1 aliphatic rings. The monoisotopic (exact) mass is 499 g/mol. The molecule has 1 unspecified atom stereocenters. The lowest BCUT2D eigenvalue weighted by Gasteiger charge is -2.30. The molecule has 0 bridgehead atoms. The smallest absolute Gasteiger partial charge is 0.475 e. The number of carbonyl (C=O) groups is 1. The average Bonchev–Trinajstić information content (AvgIpc) is 2.66. The van der Waals surface area contributed by atoms with Gasteiger partial charge in [0.2, 0.25) is 12.7 Å². The van der Waals surface area contributed by atoms with Crippen LogP contribution in [0.25, 0.3) is 6.08 Å². The highest BCUT2D eigenvalue weighted by atomic mass is 35.5. The van der Waals surface area contributed by atoms with Crippen LogP contribution in [0, 0.1) is 15.0 Å². The van der Waals surface area contributed by atoms with Gasteiger partial charge in [-0.05, 0) is 29.2 Å². The first-order valence-corrected chi connectivity index (χ1v) is 9.53. The highest BCUT2D eigenvalue weighted by Gasteiger charge is 2.49. The van der Waals surface area contributed by atoms with Gasteiger partial charge in [0.05, 0.1) is 5.57 Å². The van der Waals surface area contributed by atoms with E-state index in [1.165, 1.54) is 12.1 Å². The van der Waals surface area contributed by atoms with E-state index >= 15 is 0 Å². The van der Waals surface area contributed by atoms with E-state index in [9.17, 15) is 33.0 Å². The third kappa shape index (κ3) is 6.84. The molecule has 11 nitrogen and oxygen atoms in total. The Morgan fingerprint density at radius 2 is 1.85 bits per heavy atom. The third-order valence-corrected chi connectivity index (χ3v) is 4.60. The van der Waals surface area contributed by atoms with Gasteiger partial charge in [0, 0.05) is 10.6 Å². The van der Waals surface area contributed by atoms with Crippen LogP contribution in [0.15, 0.2) is 17.7 Å². The predicted molar refractivity (Wildman–Crippen MR) is 103 cm³/mol. The summed E-state index contributed by atoms with van der Waals surface area (Å²) in [5.74, 6) is -1.74. The molecule has 0 spiro atoms. The Morgan fingerprint density at radius 1 is 1.24 bits per heavy atom. The van der Waals surface area contributed by atoms with Gasteiger partial charge in [0.15, 0.2) is 6.10 Å². The molecule has 0 saturated heterocycles. The van der Waals surface area contributed by atoms with Crippen molar-refractivity contribution in [1.82, 2.24) is 0 Å². The van der Waals surface area contributed by atoms with Gasteiger partial charge in [-0.2, -0.15) is 18.0 Å². The summed E-state index contributed by atoms with van der Waals surface area (Å²) in [4.78, 5) is 41.5. The molecule has 15 heteroatoms. The van der Waals surface area contributed by atoms with Crippen LogP contribution in [0.2, 0.25) is 5.02 Å². The quantitative estimate of drug-likeness (QED) is 0.323. The van der Waals surface area contributed by atoms with Gasteiger partial charge in [0.25, 0.3) is 5.09 Å². The van der Waals surface area contributed by atoms with Crippen molar-refractivity contribution in [1.29, 1.82) is 0 Å². The summed E-state index contributed by atoms with van der Waals surface area (Å²) in [6, 6.07) is 2.68. The summed E-state index contributed by atoms with van der Waals surface area (Å²) in [5.41, 5.74) is -0.915. The number of hydrogen-bond acceptors (Lipinski definition) is 8. The third-order valence-electron chi connectivity index (χ3n) is 4.29. The summed E-state index contributed by atoms with van der Waals surface area (Å²) >= 11 is 6.25. The van der Waals surface area contributed by atoms with Crippen LogP contribution in [0.3, 0.4) is 0 Å². The molecule has 2 atom stereocenters. The fourth-order valence-corrected chi connectivity index (χ4v) is 3.28. The summed E-state index contributed by atoms with van der Waals surface area (Å²) in [5, 5.41) is 16.8. The zero-order valence-corrected chi connectivity index (χ0v) is 18.2. The lowest BCUT2D eigenvalue weighted by Crippen LogP contribution is -2.42. The molecule has 1 heterocycles. The number of benzene rings is 1. The molecular weight excluding hydrogens is 481 g/mol. The molecule has 0 radical (unpaired) electrons. The topological polar surface area (TPSA) is 137 Å². The van der Waals surface area contributed by atoms with Crippen molar-refractivity contribution in [3.8, 4) is 5.75 Å². The minimum absolute atomic E-state index is 0.0656. The van der Waals surface area contributed by atoms with E-state index < -0.39 is 58.7 Å². The molecule has 0 fully saturated rings. The van der Waals surface area contributed by atoms with Crippen molar-refractivity contribution in [2.45, 2.75) is 44.6 Å². The fraction of sp³-hybridized carbons (Fsp3) is 0.500. The maximum atomic E-state index is 13.7. The first kappa shape index (κ1) is 26.0. The lowest BCUT2D eigenvalue weighted by atomic mass is 9.85. The summed E-state index contributed by atoms with van der Waals surface area (Å²) in [7, 11) is 0. The lowest BCUT2D eigenvalue weighted by molar-refractivity contribution is -0.976. The molecule has 2 rings (SSSR count). The van der Waals surface area contributed by atoms with Crippen molar-refractivity contribution in [2.24, 2.45) is 0 Å². The Balaban J connectivity index is 2.41. The number of nitrogens with zero attached hydrogens (tertiary/aromatic N) is 2. The van der Waals surface area contributed by atoms with Crippen molar-refractivity contribution >= 4 is 23.6 Å². The van der Waals surface area contributed by atoms with Crippen molar-refractivity contribution in [2.75, 3.05) is 13.2 Å². The minimum Gasteiger partial charge on any atom is -0.475 e. The fourth-order valence-electron chi connectivity index (χ4n) is 2.83. The molecule has 1 aliphatic heterocycles. The average molecular weight is 500 g/mol. The molecule has 33 heavy (non-hydrogen) atoms. The molecule has 182 valence electrons. The number of fused-ring (bicyclic) bond motifs is 1. The molecule has 0 saturated carbocycles. The van der Waals surface area contributed by atoms with E-state index in [-0.39, 0.29) is 16.3 Å². The standard InChI is InChI=1S/C18H19ClF3N2O9/c1-17(2,3)12-6-14-9(5-13(12)19)4-11(15(33-14)18(20,21)22)16(25)32-10(7-30-23(26)27)8-31-24(28)29/h4-6,10,15H,7-8H2,1-3H3,(H,26,27)/q+1/t10?,15-/m0/s1. The molecule has 0 aromatic heterocycles. The van der Waals surface area contributed by atoms with Crippen molar-refractivity contribution in [3.63, 3.8) is 0 Å². The second kappa shape index (κ2) is 9.68. The van der Waals surface area contributed by atoms with Gasteiger partial charge >= 0.3 is 17.2 Å². The minimum atomic E-state index is -5.04. The Hall–Kier alpha value is -3.29. The van der Waals surface area contributed by atoms with Gasteiger partial charge in [0.1, 0.15) is 17.3 Å². The molecule has 1 aromatic rings. The second-order valence-corrected chi connectivity index (χ2v) is 8.25. The van der Waals surface area contributed by atoms with Crippen LogP contribution >= 0.6 is 11.6 Å². The van der Waals surface area contributed by atoms with Crippen LogP contribution in [0.5, 0.6) is 5.75 Å². The predicted octanol–water partition coefficient (Wildman–Crippen LogP) is 3.56. The zero-order valence-electron chi connectivity index (χ0n) is 17.4. The normalized spacial score (nSPS) is 16.6. The number of esters is 1. The number of rotatable bonds is 8. The number of alkyl halides is 3. The van der Waals surface area contributed by atoms with Crippen LogP contribution < -0.4 is 4.74 Å². The molecule has 1 N–H and O–H groups in total. The zero-order chi connectivity index (χ0) is 25.1. The Kier molecular flexibility index (Phi) is 7.62. The number of carbonyl (C=O) groups excluding carboxylic acids is 1. The van der Waals surface area contributed by atoms with E-state index in [2.05, 4.69) is 9.68 Å². The molecule has 1 aromatic carbocycles. The maximum absolute atomic E-state index is 13.7. The van der Waals surface area contributed by atoms with Gasteiger partial charge in [-0.1, -0.05) is 32.4 Å². The Bertz CT molecular complexity index is 958. The first-order chi connectivity index (χ1) is 15.1. The van der Waals surface area contributed by atoms with Crippen LogP contribution in [-0.4, -0.2) is 52.9 Å². The van der Waals surface area contributed by atoms with Crippen molar-refractivity contribution in [3.05, 3.63) is 48.9 Å². The van der Waals surface area contributed by atoms with E-state index in [1.807, 2.05) is 0 Å². The molecule has 0 aliphatic carbocycles. The molecular formula is C18H19ClF3N2O9+. The largest absolute Gasteiger partial charge is 0.475 e. The highest BCUT2D eigenvalue weighted by molar-refractivity contribution is 6.31.